The van der Waals surface area contributed by atoms with Crippen LogP contribution in [-0.4, -0.2) is 6.04 Å². The third-order valence-corrected chi connectivity index (χ3v) is 4.41. The summed E-state index contributed by atoms with van der Waals surface area (Å²) in [7, 11) is 0. The molecule has 16 heavy (non-hydrogen) atoms. The highest BCUT2D eigenvalue weighted by Gasteiger charge is 2.26. The fourth-order valence-corrected chi connectivity index (χ4v) is 3.30. The van der Waals surface area contributed by atoms with Crippen LogP contribution < -0.4 is 11.3 Å². The van der Waals surface area contributed by atoms with Gasteiger partial charge in [-0.05, 0) is 24.7 Å². The average molecular weight is 226 g/mol. The van der Waals surface area contributed by atoms with E-state index >= 15 is 0 Å². The lowest BCUT2D eigenvalue weighted by Crippen LogP contribution is -2.46. The van der Waals surface area contributed by atoms with Crippen LogP contribution in [0.25, 0.3) is 0 Å². The van der Waals surface area contributed by atoms with Gasteiger partial charge in [0.2, 0.25) is 0 Å². The number of rotatable bonds is 5. The van der Waals surface area contributed by atoms with Crippen molar-refractivity contribution in [2.75, 3.05) is 0 Å². The Bertz CT molecular complexity index is 158. The molecule has 0 radical (unpaired) electrons. The zero-order chi connectivity index (χ0) is 11.8. The molecule has 2 nitrogen and oxygen atoms in total. The molecule has 0 aromatic heterocycles. The van der Waals surface area contributed by atoms with Crippen molar-refractivity contribution in [2.24, 2.45) is 17.7 Å². The van der Waals surface area contributed by atoms with Crippen LogP contribution in [0.15, 0.2) is 0 Å². The lowest BCUT2D eigenvalue weighted by molar-refractivity contribution is 0.209. The minimum absolute atomic E-state index is 0.549. The largest absolute Gasteiger partial charge is 0.271 e. The molecule has 0 aromatic carbocycles. The van der Waals surface area contributed by atoms with E-state index in [1.807, 2.05) is 0 Å². The maximum absolute atomic E-state index is 5.80. The maximum Gasteiger partial charge on any atom is 0.0266 e. The molecule has 1 fully saturated rings. The summed E-state index contributed by atoms with van der Waals surface area (Å²) in [6, 6.07) is 0.549. The third kappa shape index (κ3) is 4.06. The first-order chi connectivity index (χ1) is 7.83. The molecule has 3 N–H and O–H groups in total. The minimum Gasteiger partial charge on any atom is -0.271 e. The molecule has 1 rings (SSSR count). The molecule has 0 heterocycles. The van der Waals surface area contributed by atoms with Gasteiger partial charge in [0.05, 0.1) is 0 Å². The van der Waals surface area contributed by atoms with Crippen molar-refractivity contribution in [3.8, 4) is 0 Å². The summed E-state index contributed by atoms with van der Waals surface area (Å²) in [6.07, 6.45) is 12.4. The van der Waals surface area contributed by atoms with Crippen molar-refractivity contribution in [3.63, 3.8) is 0 Å². The van der Waals surface area contributed by atoms with Crippen LogP contribution in [0.2, 0.25) is 0 Å². The van der Waals surface area contributed by atoms with Gasteiger partial charge < -0.3 is 0 Å². The predicted molar refractivity (Wildman–Crippen MR) is 71.0 cm³/mol. The number of nitrogens with one attached hydrogen (secondary N) is 1. The van der Waals surface area contributed by atoms with Gasteiger partial charge >= 0.3 is 0 Å². The Balaban J connectivity index is 2.53. The van der Waals surface area contributed by atoms with Gasteiger partial charge in [0.25, 0.3) is 0 Å². The Labute approximate surface area is 101 Å². The number of nitrogens with two attached hydrogens (primary N) is 1. The van der Waals surface area contributed by atoms with E-state index in [0.717, 1.165) is 11.8 Å². The van der Waals surface area contributed by atoms with Crippen LogP contribution in [0.3, 0.4) is 0 Å². The molecule has 0 aliphatic heterocycles. The molecule has 1 aliphatic rings. The summed E-state index contributed by atoms with van der Waals surface area (Å²) in [6.45, 7) is 4.59. The van der Waals surface area contributed by atoms with E-state index in [-0.39, 0.29) is 0 Å². The first kappa shape index (κ1) is 14.0. The summed E-state index contributed by atoms with van der Waals surface area (Å²) < 4.78 is 0. The Morgan fingerprint density at radius 2 is 1.50 bits per heavy atom. The second-order valence-corrected chi connectivity index (χ2v) is 5.37. The number of hydrazine groups is 1. The third-order valence-electron chi connectivity index (χ3n) is 4.41. The summed E-state index contributed by atoms with van der Waals surface area (Å²) >= 11 is 0. The van der Waals surface area contributed by atoms with Crippen LogP contribution in [0.1, 0.15) is 71.6 Å². The van der Waals surface area contributed by atoms with E-state index in [1.165, 1.54) is 57.8 Å². The van der Waals surface area contributed by atoms with E-state index in [0.29, 0.717) is 6.04 Å². The Hall–Kier alpha value is -0.0800. The highest BCUT2D eigenvalue weighted by atomic mass is 15.2. The number of hydrogen-bond acceptors (Lipinski definition) is 2. The van der Waals surface area contributed by atoms with Gasteiger partial charge in [-0.2, -0.15) is 0 Å². The summed E-state index contributed by atoms with van der Waals surface area (Å²) in [5.74, 6) is 7.37. The standard InChI is InChI=1S/C14H30N2/c1-3-12(4-2)14(16-15)13-10-8-6-5-7-9-11-13/h12-14,16H,3-11,15H2,1-2H3. The van der Waals surface area contributed by atoms with E-state index < -0.39 is 0 Å². The first-order valence-corrected chi connectivity index (χ1v) is 7.29. The SMILES string of the molecule is CCC(CC)C(NN)C1CCCCCCC1. The van der Waals surface area contributed by atoms with Gasteiger partial charge in [-0.1, -0.05) is 58.8 Å². The van der Waals surface area contributed by atoms with Crippen molar-refractivity contribution in [1.29, 1.82) is 0 Å². The van der Waals surface area contributed by atoms with Gasteiger partial charge in [-0.3, -0.25) is 11.3 Å². The fraction of sp³-hybridized carbons (Fsp3) is 1.00. The van der Waals surface area contributed by atoms with E-state index in [2.05, 4.69) is 19.3 Å². The van der Waals surface area contributed by atoms with Crippen molar-refractivity contribution < 1.29 is 0 Å². The first-order valence-electron chi connectivity index (χ1n) is 7.29. The summed E-state index contributed by atoms with van der Waals surface area (Å²) in [5, 5.41) is 0. The molecular weight excluding hydrogens is 196 g/mol. The van der Waals surface area contributed by atoms with E-state index in [1.54, 1.807) is 0 Å². The second-order valence-electron chi connectivity index (χ2n) is 5.37. The quantitative estimate of drug-likeness (QED) is 0.555. The minimum atomic E-state index is 0.549. The molecule has 0 saturated heterocycles. The van der Waals surface area contributed by atoms with Gasteiger partial charge in [0.1, 0.15) is 0 Å². The topological polar surface area (TPSA) is 38.0 Å². The van der Waals surface area contributed by atoms with E-state index in [9.17, 15) is 0 Å². The molecule has 0 amide bonds. The van der Waals surface area contributed by atoms with E-state index in [4.69, 9.17) is 5.84 Å². The lowest BCUT2D eigenvalue weighted by atomic mass is 9.79. The Morgan fingerprint density at radius 1 is 1.00 bits per heavy atom. The maximum atomic E-state index is 5.80. The summed E-state index contributed by atoms with van der Waals surface area (Å²) in [5.41, 5.74) is 3.12. The Morgan fingerprint density at radius 3 is 1.94 bits per heavy atom. The summed E-state index contributed by atoms with van der Waals surface area (Å²) in [4.78, 5) is 0. The normalized spacial score (nSPS) is 21.8. The Kier molecular flexibility index (Phi) is 7.06. The fourth-order valence-electron chi connectivity index (χ4n) is 3.30. The smallest absolute Gasteiger partial charge is 0.0266 e. The molecule has 2 heteroatoms. The lowest BCUT2D eigenvalue weighted by Gasteiger charge is -2.33. The molecule has 0 aromatic rings. The van der Waals surface area contributed by atoms with Crippen molar-refractivity contribution in [3.05, 3.63) is 0 Å². The number of hydrogen-bond donors (Lipinski definition) is 2. The zero-order valence-electron chi connectivity index (χ0n) is 11.2. The molecule has 96 valence electrons. The van der Waals surface area contributed by atoms with Crippen LogP contribution in [-0.2, 0) is 0 Å². The molecule has 1 atom stereocenters. The predicted octanol–water partition coefficient (Wildman–Crippen LogP) is 3.62. The van der Waals surface area contributed by atoms with Crippen LogP contribution >= 0.6 is 0 Å². The molecular formula is C14H30N2. The van der Waals surface area contributed by atoms with Crippen LogP contribution in [0.5, 0.6) is 0 Å². The monoisotopic (exact) mass is 226 g/mol. The van der Waals surface area contributed by atoms with Crippen molar-refractivity contribution >= 4 is 0 Å². The van der Waals surface area contributed by atoms with Gasteiger partial charge in [0.15, 0.2) is 0 Å². The molecule has 1 unspecified atom stereocenters. The van der Waals surface area contributed by atoms with Crippen molar-refractivity contribution in [2.45, 2.75) is 77.7 Å². The van der Waals surface area contributed by atoms with Crippen LogP contribution in [0.4, 0.5) is 0 Å². The molecule has 1 aliphatic carbocycles. The molecule has 1 saturated carbocycles. The molecule has 0 bridgehead atoms. The van der Waals surface area contributed by atoms with Gasteiger partial charge in [-0.15, -0.1) is 0 Å². The zero-order valence-corrected chi connectivity index (χ0v) is 11.2. The second kappa shape index (κ2) is 8.08. The van der Waals surface area contributed by atoms with Crippen molar-refractivity contribution in [1.82, 2.24) is 5.43 Å². The van der Waals surface area contributed by atoms with Gasteiger partial charge in [-0.25, -0.2) is 0 Å². The highest BCUT2D eigenvalue weighted by Crippen LogP contribution is 2.29. The van der Waals surface area contributed by atoms with Gasteiger partial charge in [0, 0.05) is 6.04 Å². The average Bonchev–Trinajstić information content (AvgIpc) is 2.26. The van der Waals surface area contributed by atoms with Crippen LogP contribution in [0, 0.1) is 11.8 Å². The molecule has 0 spiro atoms. The highest BCUT2D eigenvalue weighted by molar-refractivity contribution is 4.81.